The van der Waals surface area contributed by atoms with Crippen LogP contribution in [0.2, 0.25) is 0 Å². The van der Waals surface area contributed by atoms with Crippen LogP contribution in [0.3, 0.4) is 0 Å². The Morgan fingerprint density at radius 1 is 1.11 bits per heavy atom. The van der Waals surface area contributed by atoms with E-state index in [0.29, 0.717) is 34.0 Å². The van der Waals surface area contributed by atoms with E-state index >= 15 is 0 Å². The Bertz CT molecular complexity index is 1170. The number of nitrogens with zero attached hydrogens (tertiary/aromatic N) is 1. The first-order chi connectivity index (χ1) is 17.9. The highest BCUT2D eigenvalue weighted by molar-refractivity contribution is 5.89. The SMILES string of the molecule is CC1(O)CCC2C(CCC34CC23CCC2(C)C(C(=O)CN3NNc5cc(OC(F)(F)F)ccc53)CCC24)C1. The number of ether oxygens (including phenoxy) is 1. The summed E-state index contributed by atoms with van der Waals surface area (Å²) >= 11 is 0. The van der Waals surface area contributed by atoms with Gasteiger partial charge in [-0.3, -0.25) is 9.80 Å². The van der Waals surface area contributed by atoms with E-state index < -0.39 is 12.0 Å². The predicted molar refractivity (Wildman–Crippen MR) is 136 cm³/mol. The first-order valence-electron chi connectivity index (χ1n) is 14.3. The van der Waals surface area contributed by atoms with Gasteiger partial charge in [-0.1, -0.05) is 6.92 Å². The number of carbonyl (C=O) groups excluding carboxylic acids is 1. The summed E-state index contributed by atoms with van der Waals surface area (Å²) in [6, 6.07) is 4.12. The maximum atomic E-state index is 13.8. The van der Waals surface area contributed by atoms with Gasteiger partial charge in [0.1, 0.15) is 5.75 Å². The van der Waals surface area contributed by atoms with Crippen LogP contribution in [-0.2, 0) is 4.79 Å². The van der Waals surface area contributed by atoms with Gasteiger partial charge >= 0.3 is 6.36 Å². The number of hydrazine groups is 2. The van der Waals surface area contributed by atoms with Crippen molar-refractivity contribution in [2.75, 3.05) is 17.0 Å². The molecule has 0 radical (unpaired) electrons. The molecule has 0 amide bonds. The molecular weight excluding hydrogens is 495 g/mol. The van der Waals surface area contributed by atoms with E-state index in [4.69, 9.17) is 0 Å². The van der Waals surface area contributed by atoms with Crippen molar-refractivity contribution in [1.29, 1.82) is 0 Å². The van der Waals surface area contributed by atoms with E-state index in [1.165, 1.54) is 37.8 Å². The fraction of sp³-hybridized carbons (Fsp3) is 0.759. The van der Waals surface area contributed by atoms with Gasteiger partial charge in [-0.15, -0.1) is 18.7 Å². The second-order valence-corrected chi connectivity index (χ2v) is 13.8. The van der Waals surface area contributed by atoms with E-state index in [9.17, 15) is 23.1 Å². The molecule has 8 unspecified atom stereocenters. The molecule has 6 nitrogen and oxygen atoms in total. The molecule has 0 saturated heterocycles. The molecule has 1 aromatic carbocycles. The molecule has 208 valence electrons. The molecule has 6 aliphatic rings. The summed E-state index contributed by atoms with van der Waals surface area (Å²) in [4.78, 5) is 13.8. The number of ketones is 1. The molecular formula is C29H38F3N3O3. The van der Waals surface area contributed by atoms with Gasteiger partial charge in [0.2, 0.25) is 0 Å². The van der Waals surface area contributed by atoms with Crippen LogP contribution in [-0.4, -0.2) is 29.4 Å². The summed E-state index contributed by atoms with van der Waals surface area (Å²) in [7, 11) is 0. The van der Waals surface area contributed by atoms with Crippen LogP contribution >= 0.6 is 0 Å². The minimum Gasteiger partial charge on any atom is -0.406 e. The number of hydrogen-bond acceptors (Lipinski definition) is 6. The Kier molecular flexibility index (Phi) is 5.13. The Balaban J connectivity index is 1.06. The van der Waals surface area contributed by atoms with Crippen molar-refractivity contribution in [3.63, 3.8) is 0 Å². The number of Topliss-reactive ketones (excluding diaryl/α,β-unsaturated/α-hetero) is 1. The number of carbonyl (C=O) groups is 1. The summed E-state index contributed by atoms with van der Waals surface area (Å²) in [5.41, 5.74) is 7.24. The van der Waals surface area contributed by atoms with Crippen molar-refractivity contribution in [3.05, 3.63) is 18.2 Å². The summed E-state index contributed by atoms with van der Waals surface area (Å²) in [6.07, 6.45) is 6.38. The van der Waals surface area contributed by atoms with E-state index in [0.717, 1.165) is 44.4 Å². The van der Waals surface area contributed by atoms with E-state index in [1.807, 2.05) is 6.92 Å². The molecule has 1 aromatic rings. The third-order valence-electron chi connectivity index (χ3n) is 12.1. The van der Waals surface area contributed by atoms with Gasteiger partial charge in [-0.2, -0.15) is 0 Å². The van der Waals surface area contributed by atoms with Crippen molar-refractivity contribution in [2.45, 2.75) is 90.0 Å². The molecule has 5 aliphatic carbocycles. The van der Waals surface area contributed by atoms with Gasteiger partial charge in [0, 0.05) is 12.0 Å². The summed E-state index contributed by atoms with van der Waals surface area (Å²) in [5.74, 6) is 1.88. The van der Waals surface area contributed by atoms with Crippen molar-refractivity contribution < 1.29 is 27.8 Å². The second kappa shape index (κ2) is 7.80. The van der Waals surface area contributed by atoms with Gasteiger partial charge in [0.05, 0.1) is 23.5 Å². The maximum absolute atomic E-state index is 13.8. The van der Waals surface area contributed by atoms with Crippen LogP contribution in [0.1, 0.15) is 78.1 Å². The molecule has 1 heterocycles. The molecule has 0 aromatic heterocycles. The number of alkyl halides is 3. The van der Waals surface area contributed by atoms with Gasteiger partial charge in [-0.05, 0) is 117 Å². The summed E-state index contributed by atoms with van der Waals surface area (Å²) in [5, 5.41) is 12.4. The minimum absolute atomic E-state index is 0.00368. The lowest BCUT2D eigenvalue weighted by Gasteiger charge is -2.56. The van der Waals surface area contributed by atoms with Crippen LogP contribution in [0.4, 0.5) is 24.5 Å². The molecule has 0 bridgehead atoms. The number of fused-ring (bicyclic) bond motifs is 3. The number of benzene rings is 1. The van der Waals surface area contributed by atoms with Crippen molar-refractivity contribution >= 4 is 17.2 Å². The van der Waals surface area contributed by atoms with Crippen LogP contribution in [0.5, 0.6) is 5.75 Å². The topological polar surface area (TPSA) is 73.8 Å². The third-order valence-corrected chi connectivity index (χ3v) is 12.1. The average molecular weight is 534 g/mol. The lowest BCUT2D eigenvalue weighted by atomic mass is 9.49. The monoisotopic (exact) mass is 533 g/mol. The van der Waals surface area contributed by atoms with Crippen LogP contribution < -0.4 is 20.7 Å². The highest BCUT2D eigenvalue weighted by atomic mass is 19.4. The van der Waals surface area contributed by atoms with Gasteiger partial charge in [0.25, 0.3) is 0 Å². The van der Waals surface area contributed by atoms with Crippen molar-refractivity contribution in [2.24, 2.45) is 39.9 Å². The van der Waals surface area contributed by atoms with Gasteiger partial charge in [-0.25, -0.2) is 0 Å². The molecule has 38 heavy (non-hydrogen) atoms. The Labute approximate surface area is 221 Å². The Morgan fingerprint density at radius 3 is 2.71 bits per heavy atom. The summed E-state index contributed by atoms with van der Waals surface area (Å²) in [6.45, 7) is 4.55. The second-order valence-electron chi connectivity index (χ2n) is 13.8. The lowest BCUT2D eigenvalue weighted by Crippen LogP contribution is -2.51. The van der Waals surface area contributed by atoms with Crippen LogP contribution in [0, 0.1) is 39.9 Å². The first kappa shape index (κ1) is 25.0. The third kappa shape index (κ3) is 3.49. The number of nitrogens with one attached hydrogen (secondary N) is 2. The average Bonchev–Trinajstić information content (AvgIpc) is 3.17. The normalized spacial score (nSPS) is 44.7. The van der Waals surface area contributed by atoms with Gasteiger partial charge < -0.3 is 15.3 Å². The molecule has 8 atom stereocenters. The zero-order chi connectivity index (χ0) is 26.7. The molecule has 5 saturated carbocycles. The predicted octanol–water partition coefficient (Wildman–Crippen LogP) is 5.97. The number of anilines is 2. The highest BCUT2D eigenvalue weighted by Crippen LogP contribution is 2.87. The number of hydrogen-bond donors (Lipinski definition) is 3. The highest BCUT2D eigenvalue weighted by Gasteiger charge is 2.80. The largest absolute Gasteiger partial charge is 0.573 e. The van der Waals surface area contributed by atoms with E-state index in [2.05, 4.69) is 22.6 Å². The molecule has 5 fully saturated rings. The van der Waals surface area contributed by atoms with E-state index in [1.54, 1.807) is 11.1 Å². The fourth-order valence-electron chi connectivity index (χ4n) is 10.6. The Morgan fingerprint density at radius 2 is 1.92 bits per heavy atom. The molecule has 0 spiro atoms. The number of rotatable bonds is 4. The Hall–Kier alpha value is -2.00. The molecule has 7 rings (SSSR count). The quantitative estimate of drug-likeness (QED) is 0.443. The maximum Gasteiger partial charge on any atom is 0.573 e. The fourth-order valence-corrected chi connectivity index (χ4v) is 10.6. The zero-order valence-electron chi connectivity index (χ0n) is 22.2. The van der Waals surface area contributed by atoms with Gasteiger partial charge in [0.15, 0.2) is 5.78 Å². The van der Waals surface area contributed by atoms with E-state index in [-0.39, 0.29) is 29.4 Å². The standard InChI is InChI=1S/C29H38F3N3O3/c1-25(37)9-8-19-17(14-25)7-10-28-16-27(19,28)12-11-26(2)20(4-6-24(26)28)23(36)15-35-22-5-3-18(38-29(30,31)32)13-21(22)33-34-35/h3,5,13,17,19-20,24,33-34,37H,4,6-12,14-16H2,1-2H3. The minimum atomic E-state index is -4.75. The number of aliphatic hydroxyl groups is 1. The zero-order valence-corrected chi connectivity index (χ0v) is 22.2. The van der Waals surface area contributed by atoms with Crippen LogP contribution in [0.15, 0.2) is 18.2 Å². The van der Waals surface area contributed by atoms with Crippen molar-refractivity contribution in [3.8, 4) is 5.75 Å². The first-order valence-corrected chi connectivity index (χ1v) is 14.3. The van der Waals surface area contributed by atoms with Crippen LogP contribution in [0.25, 0.3) is 0 Å². The number of halogens is 3. The molecule has 1 aliphatic heterocycles. The molecule has 3 N–H and O–H groups in total. The molecule has 9 heteroatoms. The summed E-state index contributed by atoms with van der Waals surface area (Å²) < 4.78 is 41.9. The van der Waals surface area contributed by atoms with Crippen molar-refractivity contribution in [1.82, 2.24) is 5.53 Å². The lowest BCUT2D eigenvalue weighted by molar-refractivity contribution is -0.274. The smallest absolute Gasteiger partial charge is 0.406 e.